The molecule has 1 aliphatic rings. The van der Waals surface area contributed by atoms with Crippen molar-refractivity contribution in [3.05, 3.63) is 21.7 Å². The molecule has 0 bridgehead atoms. The molecule has 0 aliphatic carbocycles. The van der Waals surface area contributed by atoms with E-state index in [-0.39, 0.29) is 19.1 Å². The minimum Gasteiger partial charge on any atom is -0.480 e. The molecule has 0 atom stereocenters. The van der Waals surface area contributed by atoms with Gasteiger partial charge in [-0.25, -0.2) is 4.98 Å². The minimum absolute atomic E-state index is 0.139. The predicted octanol–water partition coefficient (Wildman–Crippen LogP) is 1.21. The maximum Gasteiger partial charge on any atom is 0.266 e. The Bertz CT molecular complexity index is 783. The quantitative estimate of drug-likeness (QED) is 0.733. The summed E-state index contributed by atoms with van der Waals surface area (Å²) < 4.78 is 10.8. The zero-order chi connectivity index (χ0) is 17.1. The van der Waals surface area contributed by atoms with Crippen molar-refractivity contribution < 1.29 is 19.1 Å². The summed E-state index contributed by atoms with van der Waals surface area (Å²) in [6, 6.07) is 3.39. The van der Waals surface area contributed by atoms with Gasteiger partial charge in [-0.15, -0.1) is 10.2 Å². The zero-order valence-corrected chi connectivity index (χ0v) is 14.9. The van der Waals surface area contributed by atoms with Crippen molar-refractivity contribution in [3.63, 3.8) is 0 Å². The number of aromatic nitrogens is 3. The highest BCUT2D eigenvalue weighted by Crippen LogP contribution is 2.31. The van der Waals surface area contributed by atoms with Crippen LogP contribution < -0.4 is 15.0 Å². The van der Waals surface area contributed by atoms with E-state index in [9.17, 15) is 9.59 Å². The van der Waals surface area contributed by atoms with Crippen LogP contribution in [0.15, 0.2) is 16.7 Å². The van der Waals surface area contributed by atoms with Crippen LogP contribution >= 0.6 is 27.3 Å². The molecule has 2 aromatic heterocycles. The Hall–Kier alpha value is -2.11. The van der Waals surface area contributed by atoms with Crippen molar-refractivity contribution >= 4 is 50.0 Å². The molecular weight excluding hydrogens is 402 g/mol. The highest BCUT2D eigenvalue weighted by Gasteiger charge is 2.29. The zero-order valence-electron chi connectivity index (χ0n) is 12.5. The lowest BCUT2D eigenvalue weighted by atomic mass is 10.3. The van der Waals surface area contributed by atoms with Gasteiger partial charge in [-0.2, -0.15) is 0 Å². The molecule has 1 N–H and O–H groups in total. The molecule has 9 nitrogen and oxygen atoms in total. The molecule has 2 aromatic rings. The summed E-state index contributed by atoms with van der Waals surface area (Å²) in [5.41, 5.74) is 0. The van der Waals surface area contributed by atoms with Crippen LogP contribution in [-0.2, 0) is 20.9 Å². The average Bonchev–Trinajstić information content (AvgIpc) is 2.98. The van der Waals surface area contributed by atoms with Crippen LogP contribution in [0.3, 0.4) is 0 Å². The average molecular weight is 414 g/mol. The number of methoxy groups -OCH3 is 1. The molecule has 0 saturated heterocycles. The van der Waals surface area contributed by atoms with Crippen molar-refractivity contribution in [1.82, 2.24) is 15.2 Å². The Kier molecular flexibility index (Phi) is 5.02. The smallest absolute Gasteiger partial charge is 0.266 e. The molecule has 0 spiro atoms. The molecule has 0 unspecified atom stereocenters. The van der Waals surface area contributed by atoms with E-state index >= 15 is 0 Å². The lowest BCUT2D eigenvalue weighted by molar-refractivity contribution is -0.123. The summed E-state index contributed by atoms with van der Waals surface area (Å²) in [5, 5.41) is 11.3. The topological polar surface area (TPSA) is 107 Å². The van der Waals surface area contributed by atoms with Gasteiger partial charge in [0.2, 0.25) is 11.0 Å². The fourth-order valence-corrected chi connectivity index (χ4v) is 3.03. The molecule has 0 aromatic carbocycles. The Balaban J connectivity index is 1.71. The molecule has 0 radical (unpaired) electrons. The number of pyridine rings is 1. The van der Waals surface area contributed by atoms with Gasteiger partial charge in [-0.3, -0.25) is 19.8 Å². The fourth-order valence-electron chi connectivity index (χ4n) is 2.01. The molecule has 0 saturated carbocycles. The second-order valence-corrected chi connectivity index (χ2v) is 6.58. The summed E-state index contributed by atoms with van der Waals surface area (Å²) in [5.74, 6) is -0.00400. The number of nitrogens with one attached hydrogen (secondary N) is 1. The molecular formula is C13H12BrN5O4S. The van der Waals surface area contributed by atoms with Crippen LogP contribution in [0, 0.1) is 0 Å². The van der Waals surface area contributed by atoms with Gasteiger partial charge in [-0.05, 0) is 28.1 Å². The number of halogens is 1. The van der Waals surface area contributed by atoms with Gasteiger partial charge in [0.1, 0.15) is 22.8 Å². The second-order valence-electron chi connectivity index (χ2n) is 4.71. The number of nitrogens with zero attached hydrogens (tertiary/aromatic N) is 4. The summed E-state index contributed by atoms with van der Waals surface area (Å²) in [4.78, 5) is 29.8. The van der Waals surface area contributed by atoms with Gasteiger partial charge < -0.3 is 9.47 Å². The molecule has 3 rings (SSSR count). The maximum atomic E-state index is 12.2. The van der Waals surface area contributed by atoms with Crippen molar-refractivity contribution in [2.45, 2.75) is 6.61 Å². The molecule has 1 aliphatic heterocycles. The van der Waals surface area contributed by atoms with E-state index in [4.69, 9.17) is 9.47 Å². The first-order valence-electron chi connectivity index (χ1n) is 6.77. The summed E-state index contributed by atoms with van der Waals surface area (Å²) in [7, 11) is 1.55. The van der Waals surface area contributed by atoms with Crippen molar-refractivity contribution in [2.75, 3.05) is 30.5 Å². The third-order valence-corrected chi connectivity index (χ3v) is 4.25. The number of anilines is 2. The van der Waals surface area contributed by atoms with E-state index in [1.165, 1.54) is 16.2 Å². The maximum absolute atomic E-state index is 12.2. The van der Waals surface area contributed by atoms with Gasteiger partial charge in [-0.1, -0.05) is 11.3 Å². The Morgan fingerprint density at radius 3 is 3.12 bits per heavy atom. The van der Waals surface area contributed by atoms with Gasteiger partial charge in [0.25, 0.3) is 5.91 Å². The van der Waals surface area contributed by atoms with E-state index in [1.807, 2.05) is 0 Å². The van der Waals surface area contributed by atoms with Crippen LogP contribution in [0.25, 0.3) is 0 Å². The summed E-state index contributed by atoms with van der Waals surface area (Å²) in [6.45, 7) is -0.0148. The lowest BCUT2D eigenvalue weighted by Crippen LogP contribution is -2.44. The van der Waals surface area contributed by atoms with Gasteiger partial charge in [0, 0.05) is 7.11 Å². The van der Waals surface area contributed by atoms with Crippen LogP contribution in [0.5, 0.6) is 5.75 Å². The summed E-state index contributed by atoms with van der Waals surface area (Å²) in [6.07, 6.45) is 0. The number of carbonyl (C=O) groups is 2. The first kappa shape index (κ1) is 16.7. The number of hydrogen-bond acceptors (Lipinski definition) is 8. The van der Waals surface area contributed by atoms with Gasteiger partial charge >= 0.3 is 0 Å². The number of amides is 2. The Morgan fingerprint density at radius 1 is 1.50 bits per heavy atom. The largest absolute Gasteiger partial charge is 0.480 e. The van der Waals surface area contributed by atoms with E-state index in [0.29, 0.717) is 32.9 Å². The number of hydrogen-bond donors (Lipinski definition) is 1. The van der Waals surface area contributed by atoms with E-state index < -0.39 is 5.91 Å². The molecule has 0 fully saturated rings. The van der Waals surface area contributed by atoms with E-state index in [1.54, 1.807) is 19.2 Å². The summed E-state index contributed by atoms with van der Waals surface area (Å²) >= 11 is 4.45. The van der Waals surface area contributed by atoms with Crippen molar-refractivity contribution in [2.24, 2.45) is 0 Å². The first-order chi connectivity index (χ1) is 11.6. The van der Waals surface area contributed by atoms with Crippen molar-refractivity contribution in [1.29, 1.82) is 0 Å². The molecule has 2 amide bonds. The van der Waals surface area contributed by atoms with E-state index in [2.05, 4.69) is 36.4 Å². The number of fused-ring (bicyclic) bond motifs is 1. The van der Waals surface area contributed by atoms with Crippen LogP contribution in [0.1, 0.15) is 5.01 Å². The third kappa shape index (κ3) is 3.68. The molecule has 126 valence electrons. The van der Waals surface area contributed by atoms with E-state index in [0.717, 1.165) is 0 Å². The highest BCUT2D eigenvalue weighted by molar-refractivity contribution is 9.10. The molecule has 11 heteroatoms. The standard InChI is InChI=1S/C13H12BrN5O4S/c1-22-5-10-17-18-13(24-10)16-9(20)4-19-11(21)6-23-7-2-3-8(14)15-12(7)19/h2-3H,4-6H2,1H3,(H,16,18,20). The highest BCUT2D eigenvalue weighted by atomic mass is 79.9. The third-order valence-electron chi connectivity index (χ3n) is 3.00. The number of ether oxygens (including phenoxy) is 2. The van der Waals surface area contributed by atoms with Gasteiger partial charge in [0.15, 0.2) is 18.2 Å². The Morgan fingerprint density at radius 2 is 2.33 bits per heavy atom. The molecule has 3 heterocycles. The second kappa shape index (κ2) is 7.20. The van der Waals surface area contributed by atoms with Crippen molar-refractivity contribution in [3.8, 4) is 5.75 Å². The Labute approximate surface area is 149 Å². The number of rotatable bonds is 5. The van der Waals surface area contributed by atoms with Crippen LogP contribution in [-0.4, -0.2) is 47.3 Å². The molecule has 24 heavy (non-hydrogen) atoms. The predicted molar refractivity (Wildman–Crippen MR) is 89.0 cm³/mol. The fraction of sp³-hybridized carbons (Fsp3) is 0.308. The van der Waals surface area contributed by atoms with Gasteiger partial charge in [0.05, 0.1) is 0 Å². The first-order valence-corrected chi connectivity index (χ1v) is 8.38. The normalized spacial score (nSPS) is 13.4. The van der Waals surface area contributed by atoms with Crippen LogP contribution in [0.2, 0.25) is 0 Å². The van der Waals surface area contributed by atoms with Crippen LogP contribution in [0.4, 0.5) is 10.9 Å². The SMILES string of the molecule is COCc1nnc(NC(=O)CN2C(=O)COc3ccc(Br)nc32)s1. The minimum atomic E-state index is -0.405. The monoisotopic (exact) mass is 413 g/mol. The lowest BCUT2D eigenvalue weighted by Gasteiger charge is -2.27. The number of carbonyl (C=O) groups excluding carboxylic acids is 2.